The molecule has 4 rings (SSSR count). The molecule has 1 aliphatic heterocycles. The molecule has 0 fully saturated rings. The van der Waals surface area contributed by atoms with E-state index in [0.717, 1.165) is 48.2 Å². The predicted octanol–water partition coefficient (Wildman–Crippen LogP) is 4.56. The molecule has 4 nitrogen and oxygen atoms in total. The zero-order chi connectivity index (χ0) is 18.8. The number of hydrogen-bond acceptors (Lipinski definition) is 2. The summed E-state index contributed by atoms with van der Waals surface area (Å²) < 4.78 is 8.19. The van der Waals surface area contributed by atoms with Crippen molar-refractivity contribution in [2.24, 2.45) is 0 Å². The molecule has 2 atom stereocenters. The summed E-state index contributed by atoms with van der Waals surface area (Å²) in [6.45, 7) is 4.91. The molecular formula is C23H26N2O2. The van der Waals surface area contributed by atoms with Gasteiger partial charge in [-0.1, -0.05) is 49.4 Å². The molecular weight excluding hydrogens is 336 g/mol. The van der Waals surface area contributed by atoms with Crippen LogP contribution in [-0.4, -0.2) is 22.6 Å². The van der Waals surface area contributed by atoms with Gasteiger partial charge in [0.2, 0.25) is 0 Å². The lowest BCUT2D eigenvalue weighted by Gasteiger charge is -2.26. The molecule has 2 aromatic carbocycles. The quantitative estimate of drug-likeness (QED) is 0.698. The maximum absolute atomic E-state index is 13.0. The Hall–Kier alpha value is -2.75. The number of benzene rings is 2. The molecule has 3 aromatic rings. The topological polar surface area (TPSA) is 43.3 Å². The van der Waals surface area contributed by atoms with Crippen LogP contribution < -0.4 is 10.1 Å². The number of rotatable bonds is 6. The fraction of sp³-hybridized carbons (Fsp3) is 0.348. The van der Waals surface area contributed by atoms with Gasteiger partial charge in [-0.3, -0.25) is 4.79 Å². The number of hydrogen-bond donors (Lipinski definition) is 1. The molecule has 0 radical (unpaired) electrons. The highest BCUT2D eigenvalue weighted by Crippen LogP contribution is 2.34. The van der Waals surface area contributed by atoms with Gasteiger partial charge in [-0.15, -0.1) is 0 Å². The first-order valence-electron chi connectivity index (χ1n) is 9.79. The Kier molecular flexibility index (Phi) is 4.88. The zero-order valence-corrected chi connectivity index (χ0v) is 15.9. The maximum atomic E-state index is 13.0. The van der Waals surface area contributed by atoms with Crippen LogP contribution in [0, 0.1) is 0 Å². The van der Waals surface area contributed by atoms with Crippen molar-refractivity contribution in [1.29, 1.82) is 0 Å². The van der Waals surface area contributed by atoms with Crippen molar-refractivity contribution in [2.75, 3.05) is 0 Å². The van der Waals surface area contributed by atoms with Gasteiger partial charge in [-0.25, -0.2) is 0 Å². The van der Waals surface area contributed by atoms with Gasteiger partial charge >= 0.3 is 0 Å². The van der Waals surface area contributed by atoms with Crippen LogP contribution in [0.3, 0.4) is 0 Å². The van der Waals surface area contributed by atoms with Crippen molar-refractivity contribution in [1.82, 2.24) is 9.88 Å². The molecule has 1 amide bonds. The van der Waals surface area contributed by atoms with Crippen LogP contribution in [0.1, 0.15) is 42.7 Å². The minimum atomic E-state index is -0.00513. The molecule has 1 aliphatic rings. The summed E-state index contributed by atoms with van der Waals surface area (Å²) in [5, 5.41) is 4.24. The number of nitrogens with zero attached hydrogens (tertiary/aromatic N) is 1. The van der Waals surface area contributed by atoms with E-state index in [1.54, 1.807) is 0 Å². The van der Waals surface area contributed by atoms with E-state index in [9.17, 15) is 4.79 Å². The van der Waals surface area contributed by atoms with Gasteiger partial charge in [0.05, 0.1) is 12.1 Å². The highest BCUT2D eigenvalue weighted by Gasteiger charge is 2.26. The minimum Gasteiger partial charge on any atom is -0.486 e. The van der Waals surface area contributed by atoms with E-state index < -0.39 is 0 Å². The standard InChI is InChI=1S/C23H26N2O2/c1-3-19-15-25-20(14-18-10-7-11-21(27-19)22(18)25)23(26)24-16(2)12-13-17-8-5-4-6-9-17/h4-11,14,16,19H,3,12-13,15H2,1-2H3,(H,24,26). The van der Waals surface area contributed by atoms with Crippen molar-refractivity contribution < 1.29 is 9.53 Å². The molecule has 4 heteroatoms. The Morgan fingerprint density at radius 2 is 2.04 bits per heavy atom. The van der Waals surface area contributed by atoms with Crippen molar-refractivity contribution in [3.8, 4) is 5.75 Å². The maximum Gasteiger partial charge on any atom is 0.268 e. The summed E-state index contributed by atoms with van der Waals surface area (Å²) in [5.74, 6) is 0.872. The fourth-order valence-corrected chi connectivity index (χ4v) is 3.79. The SMILES string of the molecule is CCC1Cn2c(C(=O)NC(C)CCc3ccccc3)cc3cccc(c32)O1. The lowest BCUT2D eigenvalue weighted by Crippen LogP contribution is -2.36. The first kappa shape index (κ1) is 17.7. The number of aryl methyl sites for hydroxylation is 1. The first-order valence-corrected chi connectivity index (χ1v) is 9.79. The van der Waals surface area contributed by atoms with E-state index in [4.69, 9.17) is 4.74 Å². The average Bonchev–Trinajstić information content (AvgIpc) is 3.07. The van der Waals surface area contributed by atoms with E-state index in [0.29, 0.717) is 0 Å². The largest absolute Gasteiger partial charge is 0.486 e. The van der Waals surface area contributed by atoms with Crippen LogP contribution in [0.4, 0.5) is 0 Å². The number of aromatic nitrogens is 1. The number of ether oxygens (including phenoxy) is 1. The summed E-state index contributed by atoms with van der Waals surface area (Å²) >= 11 is 0. The highest BCUT2D eigenvalue weighted by atomic mass is 16.5. The Labute approximate surface area is 160 Å². The third kappa shape index (κ3) is 3.57. The third-order valence-electron chi connectivity index (χ3n) is 5.34. The minimum absolute atomic E-state index is 0.00513. The first-order chi connectivity index (χ1) is 13.2. The molecule has 1 aromatic heterocycles. The van der Waals surface area contributed by atoms with E-state index in [2.05, 4.69) is 48.0 Å². The van der Waals surface area contributed by atoms with Gasteiger partial charge < -0.3 is 14.6 Å². The number of carbonyl (C=O) groups is 1. The third-order valence-corrected chi connectivity index (χ3v) is 5.34. The number of carbonyl (C=O) groups excluding carboxylic acids is 1. The number of amides is 1. The Balaban J connectivity index is 1.51. The molecule has 1 N–H and O–H groups in total. The highest BCUT2D eigenvalue weighted by molar-refractivity contribution is 6.00. The van der Waals surface area contributed by atoms with Crippen LogP contribution in [-0.2, 0) is 13.0 Å². The lowest BCUT2D eigenvalue weighted by atomic mass is 10.1. The van der Waals surface area contributed by atoms with E-state index in [-0.39, 0.29) is 18.1 Å². The summed E-state index contributed by atoms with van der Waals surface area (Å²) in [7, 11) is 0. The van der Waals surface area contributed by atoms with Crippen molar-refractivity contribution in [3.63, 3.8) is 0 Å². The molecule has 27 heavy (non-hydrogen) atoms. The van der Waals surface area contributed by atoms with Crippen LogP contribution in [0.15, 0.2) is 54.6 Å². The predicted molar refractivity (Wildman–Crippen MR) is 108 cm³/mol. The van der Waals surface area contributed by atoms with Gasteiger partial charge in [0, 0.05) is 11.4 Å². The number of nitrogens with one attached hydrogen (secondary N) is 1. The van der Waals surface area contributed by atoms with E-state index in [1.165, 1.54) is 5.56 Å². The zero-order valence-electron chi connectivity index (χ0n) is 15.9. The van der Waals surface area contributed by atoms with Crippen LogP contribution >= 0.6 is 0 Å². The molecule has 0 bridgehead atoms. The Bertz CT molecular complexity index is 946. The van der Waals surface area contributed by atoms with Crippen LogP contribution in [0.2, 0.25) is 0 Å². The summed E-state index contributed by atoms with van der Waals surface area (Å²) in [5.41, 5.74) is 3.06. The van der Waals surface area contributed by atoms with Gasteiger partial charge in [0.15, 0.2) is 0 Å². The smallest absolute Gasteiger partial charge is 0.268 e. The second-order valence-corrected chi connectivity index (χ2v) is 7.38. The van der Waals surface area contributed by atoms with Gasteiger partial charge in [-0.05, 0) is 43.9 Å². The molecule has 2 heterocycles. The Morgan fingerprint density at radius 3 is 2.81 bits per heavy atom. The molecule has 0 saturated carbocycles. The van der Waals surface area contributed by atoms with Gasteiger partial charge in [0.25, 0.3) is 5.91 Å². The monoisotopic (exact) mass is 362 g/mol. The lowest BCUT2D eigenvalue weighted by molar-refractivity contribution is 0.0922. The van der Waals surface area contributed by atoms with Crippen molar-refractivity contribution in [3.05, 3.63) is 65.9 Å². The van der Waals surface area contributed by atoms with Crippen LogP contribution in [0.5, 0.6) is 5.75 Å². The Morgan fingerprint density at radius 1 is 1.22 bits per heavy atom. The fourth-order valence-electron chi connectivity index (χ4n) is 3.79. The van der Waals surface area contributed by atoms with E-state index in [1.807, 2.05) is 30.3 Å². The summed E-state index contributed by atoms with van der Waals surface area (Å²) in [6.07, 6.45) is 2.91. The number of para-hydroxylation sites is 1. The summed E-state index contributed by atoms with van der Waals surface area (Å²) in [6, 6.07) is 18.5. The molecule has 2 unspecified atom stereocenters. The summed E-state index contributed by atoms with van der Waals surface area (Å²) in [4.78, 5) is 13.0. The molecule has 140 valence electrons. The molecule has 0 spiro atoms. The van der Waals surface area contributed by atoms with Crippen molar-refractivity contribution in [2.45, 2.75) is 51.8 Å². The van der Waals surface area contributed by atoms with E-state index >= 15 is 0 Å². The second-order valence-electron chi connectivity index (χ2n) is 7.38. The normalized spacial score (nSPS) is 16.7. The second kappa shape index (κ2) is 7.47. The molecule has 0 aliphatic carbocycles. The average molecular weight is 362 g/mol. The van der Waals surface area contributed by atoms with Crippen molar-refractivity contribution >= 4 is 16.8 Å². The van der Waals surface area contributed by atoms with Gasteiger partial charge in [-0.2, -0.15) is 0 Å². The molecule has 0 saturated heterocycles. The van der Waals surface area contributed by atoms with Crippen LogP contribution in [0.25, 0.3) is 10.9 Å². The van der Waals surface area contributed by atoms with Gasteiger partial charge in [0.1, 0.15) is 17.5 Å².